The Labute approximate surface area is 94.3 Å². The predicted octanol–water partition coefficient (Wildman–Crippen LogP) is 3.96. The molecule has 84 valence electrons. The molecular formula is C11H26OSn2. The summed E-state index contributed by atoms with van der Waals surface area (Å²) in [7, 11) is 0. The second-order valence-electron chi connectivity index (χ2n) is 4.64. The Kier molecular flexibility index (Phi) is 5.60. The van der Waals surface area contributed by atoms with Gasteiger partial charge in [-0.2, -0.15) is 0 Å². The maximum absolute atomic E-state index is 6.46. The SMILES string of the molecule is C[CH2][Sn]1([CH2]C)[CH2]CC[O][Sn]1([CH2]C)[CH2]C. The number of hydrogen-bond donors (Lipinski definition) is 0. The fraction of sp³-hybridized carbons (Fsp3) is 1.00. The van der Waals surface area contributed by atoms with Crippen molar-refractivity contribution in [1.29, 1.82) is 0 Å². The first-order valence-corrected chi connectivity index (χ1v) is 28.6. The van der Waals surface area contributed by atoms with Crippen molar-refractivity contribution < 1.29 is 3.07 Å². The molecule has 1 fully saturated rings. The number of hydrogen-bond acceptors (Lipinski definition) is 1. The van der Waals surface area contributed by atoms with Crippen LogP contribution < -0.4 is 0 Å². The van der Waals surface area contributed by atoms with E-state index in [1.54, 1.807) is 13.3 Å². The van der Waals surface area contributed by atoms with Crippen molar-refractivity contribution in [3.05, 3.63) is 0 Å². The van der Waals surface area contributed by atoms with Gasteiger partial charge in [-0.15, -0.1) is 0 Å². The van der Waals surface area contributed by atoms with E-state index in [0.29, 0.717) is 0 Å². The fourth-order valence-electron chi connectivity index (χ4n) is 3.51. The summed E-state index contributed by atoms with van der Waals surface area (Å²) in [6.07, 6.45) is 1.40. The van der Waals surface area contributed by atoms with Crippen molar-refractivity contribution in [3.8, 4) is 0 Å². The summed E-state index contributed by atoms with van der Waals surface area (Å²) in [6, 6.07) is 0. The van der Waals surface area contributed by atoms with Crippen molar-refractivity contribution in [2.24, 2.45) is 0 Å². The molecule has 1 saturated heterocycles. The fourth-order valence-corrected chi connectivity index (χ4v) is 96.9. The van der Waals surface area contributed by atoms with Gasteiger partial charge in [-0.3, -0.25) is 0 Å². The molecule has 0 amide bonds. The molecule has 0 aliphatic carbocycles. The van der Waals surface area contributed by atoms with Crippen LogP contribution in [0.1, 0.15) is 34.1 Å². The van der Waals surface area contributed by atoms with Crippen LogP contribution in [0.4, 0.5) is 0 Å². The van der Waals surface area contributed by atoms with Crippen LogP contribution in [0, 0.1) is 0 Å². The average Bonchev–Trinajstić information content (AvgIpc) is 2.28. The Morgan fingerprint density at radius 3 is 1.86 bits per heavy atom. The average molecular weight is 412 g/mol. The molecule has 0 aromatic rings. The summed E-state index contributed by atoms with van der Waals surface area (Å²) in [5.41, 5.74) is 0. The van der Waals surface area contributed by atoms with E-state index in [9.17, 15) is 0 Å². The van der Waals surface area contributed by atoms with E-state index in [1.807, 2.05) is 0 Å². The van der Waals surface area contributed by atoms with E-state index >= 15 is 0 Å². The summed E-state index contributed by atoms with van der Waals surface area (Å²) in [4.78, 5) is 0. The number of rotatable bonds is 4. The van der Waals surface area contributed by atoms with Crippen molar-refractivity contribution >= 4 is 29.3 Å². The third-order valence-corrected chi connectivity index (χ3v) is 102. The van der Waals surface area contributed by atoms with Crippen LogP contribution in [0.3, 0.4) is 0 Å². The molecule has 1 aliphatic rings. The van der Waals surface area contributed by atoms with Gasteiger partial charge in [0, 0.05) is 0 Å². The van der Waals surface area contributed by atoms with E-state index in [-0.39, 0.29) is 0 Å². The molecule has 0 bridgehead atoms. The first-order chi connectivity index (χ1) is 6.70. The van der Waals surface area contributed by atoms with E-state index in [1.165, 1.54) is 15.3 Å². The summed E-state index contributed by atoms with van der Waals surface area (Å²) < 4.78 is 14.2. The Bertz CT molecular complexity index is 154. The van der Waals surface area contributed by atoms with Gasteiger partial charge < -0.3 is 0 Å². The van der Waals surface area contributed by atoms with Crippen LogP contribution in [0.15, 0.2) is 0 Å². The van der Waals surface area contributed by atoms with Crippen LogP contribution in [0.25, 0.3) is 0 Å². The summed E-state index contributed by atoms with van der Waals surface area (Å²) >= 11 is -3.75. The van der Waals surface area contributed by atoms with Crippen LogP contribution in [-0.2, 0) is 3.07 Å². The third kappa shape index (κ3) is 2.15. The van der Waals surface area contributed by atoms with Gasteiger partial charge in [0.1, 0.15) is 0 Å². The van der Waals surface area contributed by atoms with E-state index in [0.717, 1.165) is 6.61 Å². The molecule has 0 aromatic heterocycles. The van der Waals surface area contributed by atoms with Crippen LogP contribution >= 0.6 is 0 Å². The summed E-state index contributed by atoms with van der Waals surface area (Å²) in [5.74, 6) is 0. The molecule has 14 heavy (non-hydrogen) atoms. The molecule has 1 heterocycles. The first-order valence-electron chi connectivity index (χ1n) is 6.34. The van der Waals surface area contributed by atoms with E-state index in [4.69, 9.17) is 3.07 Å². The molecule has 1 rings (SSSR count). The van der Waals surface area contributed by atoms with Crippen molar-refractivity contribution in [2.75, 3.05) is 6.61 Å². The molecule has 0 saturated carbocycles. The molecular weight excluding hydrogens is 386 g/mol. The van der Waals surface area contributed by atoms with E-state index in [2.05, 4.69) is 27.7 Å². The van der Waals surface area contributed by atoms with Crippen LogP contribution in [0.2, 0.25) is 22.2 Å². The van der Waals surface area contributed by atoms with Crippen molar-refractivity contribution in [2.45, 2.75) is 56.3 Å². The predicted molar refractivity (Wildman–Crippen MR) is 68.8 cm³/mol. The Hall–Kier alpha value is 1.56. The molecule has 0 radical (unpaired) electrons. The molecule has 0 unspecified atom stereocenters. The van der Waals surface area contributed by atoms with Crippen LogP contribution in [0.5, 0.6) is 0 Å². The molecule has 0 spiro atoms. The van der Waals surface area contributed by atoms with Crippen molar-refractivity contribution in [3.63, 3.8) is 0 Å². The van der Waals surface area contributed by atoms with Gasteiger partial charge in [0.15, 0.2) is 0 Å². The third-order valence-electron chi connectivity index (χ3n) is 4.64. The van der Waals surface area contributed by atoms with Gasteiger partial charge in [-0.1, -0.05) is 0 Å². The van der Waals surface area contributed by atoms with Crippen LogP contribution in [-0.4, -0.2) is 35.9 Å². The zero-order valence-electron chi connectivity index (χ0n) is 10.4. The minimum atomic E-state index is -2.01. The standard InChI is InChI=1S/C3H6O.4C2H5.2Sn/c1-2-3-4;4*1-2;;/h1-3H2;4*1H2,2H3;;/q-1;;;;;;+1. The van der Waals surface area contributed by atoms with Gasteiger partial charge in [0.05, 0.1) is 0 Å². The van der Waals surface area contributed by atoms with Gasteiger partial charge in [0.25, 0.3) is 0 Å². The van der Waals surface area contributed by atoms with E-state index < -0.39 is 29.3 Å². The Balaban J connectivity index is 2.96. The minimum absolute atomic E-state index is 1.12. The topological polar surface area (TPSA) is 9.23 Å². The van der Waals surface area contributed by atoms with Gasteiger partial charge in [-0.25, -0.2) is 0 Å². The molecule has 1 aliphatic heterocycles. The normalized spacial score (nSPS) is 24.9. The molecule has 0 N–H and O–H groups in total. The van der Waals surface area contributed by atoms with Gasteiger partial charge in [0.2, 0.25) is 0 Å². The molecule has 0 aromatic carbocycles. The Morgan fingerprint density at radius 2 is 1.50 bits per heavy atom. The molecule has 3 heteroatoms. The second-order valence-corrected chi connectivity index (χ2v) is 65.7. The molecule has 0 atom stereocenters. The summed E-state index contributed by atoms with van der Waals surface area (Å²) in [6.45, 7) is 10.9. The first kappa shape index (κ1) is 13.6. The zero-order valence-corrected chi connectivity index (χ0v) is 16.1. The maximum atomic E-state index is 6.46. The Morgan fingerprint density at radius 1 is 0.929 bits per heavy atom. The van der Waals surface area contributed by atoms with Crippen molar-refractivity contribution in [1.82, 2.24) is 0 Å². The molecule has 1 nitrogen and oxygen atoms in total. The second kappa shape index (κ2) is 5.76. The summed E-state index contributed by atoms with van der Waals surface area (Å²) in [5, 5.41) is 0. The van der Waals surface area contributed by atoms with Gasteiger partial charge >= 0.3 is 95.2 Å². The quantitative estimate of drug-likeness (QED) is 0.636. The van der Waals surface area contributed by atoms with Gasteiger partial charge in [-0.05, 0) is 0 Å². The zero-order chi connectivity index (χ0) is 10.7. The monoisotopic (exact) mass is 414 g/mol.